The van der Waals surface area contributed by atoms with Crippen LogP contribution >= 0.6 is 15.9 Å². The first-order chi connectivity index (χ1) is 12.9. The third-order valence-electron chi connectivity index (χ3n) is 4.42. The van der Waals surface area contributed by atoms with Crippen molar-refractivity contribution in [2.75, 3.05) is 19.1 Å². The van der Waals surface area contributed by atoms with Gasteiger partial charge in [-0.1, -0.05) is 22.0 Å². The standard InChI is InChI=1S/C20H18BrNO5/c1-11(23)17-18(12-4-9-15(26-2)16(10-12)27-3)22(20(25)19(17)24)14-7-5-13(21)6-8-14/h4-10,18,24H,1-3H3/t18-/m0/s1. The minimum Gasteiger partial charge on any atom is -0.503 e. The van der Waals surface area contributed by atoms with Gasteiger partial charge in [0.15, 0.2) is 23.0 Å². The van der Waals surface area contributed by atoms with E-state index in [0.29, 0.717) is 22.7 Å². The zero-order valence-electron chi connectivity index (χ0n) is 15.0. The van der Waals surface area contributed by atoms with Crippen molar-refractivity contribution in [3.8, 4) is 11.5 Å². The summed E-state index contributed by atoms with van der Waals surface area (Å²) in [7, 11) is 3.03. The van der Waals surface area contributed by atoms with Gasteiger partial charge in [0.1, 0.15) is 0 Å². The number of hydrogen-bond donors (Lipinski definition) is 1. The Balaban J connectivity index is 2.18. The summed E-state index contributed by atoms with van der Waals surface area (Å²) in [5, 5.41) is 10.4. The average molecular weight is 432 g/mol. The molecule has 2 aromatic rings. The van der Waals surface area contributed by atoms with Crippen LogP contribution in [0, 0.1) is 0 Å². The number of amides is 1. The van der Waals surface area contributed by atoms with Crippen molar-refractivity contribution in [3.05, 3.63) is 63.8 Å². The minimum atomic E-state index is -0.768. The van der Waals surface area contributed by atoms with Gasteiger partial charge in [-0.15, -0.1) is 0 Å². The number of anilines is 1. The van der Waals surface area contributed by atoms with Gasteiger partial charge < -0.3 is 14.6 Å². The van der Waals surface area contributed by atoms with Crippen LogP contribution in [0.2, 0.25) is 0 Å². The van der Waals surface area contributed by atoms with E-state index in [0.717, 1.165) is 4.47 Å². The molecule has 7 heteroatoms. The quantitative estimate of drug-likeness (QED) is 0.775. The van der Waals surface area contributed by atoms with Gasteiger partial charge in [-0.3, -0.25) is 14.5 Å². The molecule has 0 saturated carbocycles. The van der Waals surface area contributed by atoms with Gasteiger partial charge in [-0.05, 0) is 48.9 Å². The van der Waals surface area contributed by atoms with Crippen molar-refractivity contribution in [2.45, 2.75) is 13.0 Å². The van der Waals surface area contributed by atoms with Crippen LogP contribution in [0.3, 0.4) is 0 Å². The predicted octanol–water partition coefficient (Wildman–Crippen LogP) is 3.96. The number of halogens is 1. The number of hydrogen-bond acceptors (Lipinski definition) is 5. The highest BCUT2D eigenvalue weighted by atomic mass is 79.9. The molecule has 1 amide bonds. The van der Waals surface area contributed by atoms with E-state index in [-0.39, 0.29) is 11.4 Å². The van der Waals surface area contributed by atoms with Gasteiger partial charge in [0.25, 0.3) is 5.91 Å². The van der Waals surface area contributed by atoms with Gasteiger partial charge >= 0.3 is 0 Å². The third-order valence-corrected chi connectivity index (χ3v) is 4.94. The van der Waals surface area contributed by atoms with E-state index in [4.69, 9.17) is 9.47 Å². The van der Waals surface area contributed by atoms with Crippen LogP contribution in [0.1, 0.15) is 18.5 Å². The van der Waals surface area contributed by atoms with E-state index in [1.54, 1.807) is 42.5 Å². The van der Waals surface area contributed by atoms with Crippen molar-refractivity contribution in [2.24, 2.45) is 0 Å². The van der Waals surface area contributed by atoms with Crippen molar-refractivity contribution in [1.29, 1.82) is 0 Å². The lowest BCUT2D eigenvalue weighted by Crippen LogP contribution is -2.30. The average Bonchev–Trinajstić information content (AvgIpc) is 2.93. The maximum absolute atomic E-state index is 12.8. The van der Waals surface area contributed by atoms with Crippen molar-refractivity contribution >= 4 is 33.3 Å². The summed E-state index contributed by atoms with van der Waals surface area (Å²) in [6.07, 6.45) is 0. The number of benzene rings is 2. The Kier molecular flexibility index (Phi) is 5.23. The maximum atomic E-state index is 12.8. The molecule has 3 rings (SSSR count). The van der Waals surface area contributed by atoms with Crippen molar-refractivity contribution in [3.63, 3.8) is 0 Å². The first-order valence-electron chi connectivity index (χ1n) is 8.14. The van der Waals surface area contributed by atoms with Crippen LogP contribution in [0.4, 0.5) is 5.69 Å². The van der Waals surface area contributed by atoms with E-state index < -0.39 is 17.7 Å². The topological polar surface area (TPSA) is 76.1 Å². The Bertz CT molecular complexity index is 936. The number of ether oxygens (including phenoxy) is 2. The Hall–Kier alpha value is -2.80. The number of aliphatic hydroxyl groups excluding tert-OH is 1. The van der Waals surface area contributed by atoms with Crippen molar-refractivity contribution in [1.82, 2.24) is 0 Å². The summed E-state index contributed by atoms with van der Waals surface area (Å²) in [6, 6.07) is 11.4. The van der Waals surface area contributed by atoms with Crippen LogP contribution in [0.5, 0.6) is 11.5 Å². The number of nitrogens with zero attached hydrogens (tertiary/aromatic N) is 1. The molecule has 1 N–H and O–H groups in total. The Morgan fingerprint density at radius 1 is 1.07 bits per heavy atom. The second-order valence-electron chi connectivity index (χ2n) is 5.99. The minimum absolute atomic E-state index is 0.0511. The lowest BCUT2D eigenvalue weighted by Gasteiger charge is -2.27. The lowest BCUT2D eigenvalue weighted by molar-refractivity contribution is -0.117. The highest BCUT2D eigenvalue weighted by Gasteiger charge is 2.43. The van der Waals surface area contributed by atoms with Crippen molar-refractivity contribution < 1.29 is 24.2 Å². The molecule has 27 heavy (non-hydrogen) atoms. The predicted molar refractivity (Wildman–Crippen MR) is 104 cm³/mol. The summed E-state index contributed by atoms with van der Waals surface area (Å²) in [4.78, 5) is 26.4. The highest BCUT2D eigenvalue weighted by Crippen LogP contribution is 2.43. The Morgan fingerprint density at radius 2 is 1.70 bits per heavy atom. The second kappa shape index (κ2) is 7.44. The lowest BCUT2D eigenvalue weighted by atomic mass is 9.96. The first-order valence-corrected chi connectivity index (χ1v) is 8.93. The zero-order valence-corrected chi connectivity index (χ0v) is 16.6. The fourth-order valence-corrected chi connectivity index (χ4v) is 3.44. The molecule has 2 aromatic carbocycles. The summed E-state index contributed by atoms with van der Waals surface area (Å²) >= 11 is 3.36. The Labute approximate surface area is 165 Å². The summed E-state index contributed by atoms with van der Waals surface area (Å²) < 4.78 is 11.5. The molecule has 0 saturated heterocycles. The number of rotatable bonds is 5. The number of ketones is 1. The SMILES string of the molecule is COc1ccc([C@H]2C(C(C)=O)=C(O)C(=O)N2c2ccc(Br)cc2)cc1OC. The number of carbonyl (C=O) groups excluding carboxylic acids is 2. The molecule has 1 atom stereocenters. The molecule has 0 aliphatic carbocycles. The highest BCUT2D eigenvalue weighted by molar-refractivity contribution is 9.10. The van der Waals surface area contributed by atoms with E-state index >= 15 is 0 Å². The van der Waals surface area contributed by atoms with Gasteiger partial charge in [0, 0.05) is 10.2 Å². The van der Waals surface area contributed by atoms with Gasteiger partial charge in [-0.2, -0.15) is 0 Å². The monoisotopic (exact) mass is 431 g/mol. The number of Topliss-reactive ketones (excluding diaryl/α,β-unsaturated/α-hetero) is 1. The molecule has 0 fully saturated rings. The molecule has 0 spiro atoms. The molecular formula is C20H18BrNO5. The molecule has 1 aliphatic heterocycles. The number of carbonyl (C=O) groups is 2. The van der Waals surface area contributed by atoms with Crippen LogP contribution in [-0.4, -0.2) is 31.0 Å². The molecular weight excluding hydrogens is 414 g/mol. The normalized spacial score (nSPS) is 16.7. The number of aliphatic hydroxyl groups is 1. The smallest absolute Gasteiger partial charge is 0.294 e. The maximum Gasteiger partial charge on any atom is 0.294 e. The van der Waals surface area contributed by atoms with Crippen LogP contribution in [0.25, 0.3) is 0 Å². The number of methoxy groups -OCH3 is 2. The summed E-state index contributed by atoms with van der Waals surface area (Å²) in [5.74, 6) is -0.543. The fourth-order valence-electron chi connectivity index (χ4n) is 3.17. The molecule has 0 unspecified atom stereocenters. The largest absolute Gasteiger partial charge is 0.503 e. The molecule has 0 radical (unpaired) electrons. The van der Waals surface area contributed by atoms with Gasteiger partial charge in [0.2, 0.25) is 0 Å². The van der Waals surface area contributed by atoms with E-state index in [1.807, 2.05) is 0 Å². The van der Waals surface area contributed by atoms with Gasteiger partial charge in [0.05, 0.1) is 25.8 Å². The molecule has 0 bridgehead atoms. The fraction of sp³-hybridized carbons (Fsp3) is 0.200. The van der Waals surface area contributed by atoms with Gasteiger partial charge in [-0.25, -0.2) is 0 Å². The summed E-state index contributed by atoms with van der Waals surface area (Å²) in [5.41, 5.74) is 1.24. The second-order valence-corrected chi connectivity index (χ2v) is 6.90. The first kappa shape index (κ1) is 19.0. The summed E-state index contributed by atoms with van der Waals surface area (Å²) in [6.45, 7) is 1.33. The van der Waals surface area contributed by atoms with E-state index in [2.05, 4.69) is 15.9 Å². The van der Waals surface area contributed by atoms with Crippen LogP contribution < -0.4 is 14.4 Å². The van der Waals surface area contributed by atoms with E-state index in [9.17, 15) is 14.7 Å². The molecule has 6 nitrogen and oxygen atoms in total. The van der Waals surface area contributed by atoms with E-state index in [1.165, 1.54) is 26.0 Å². The molecule has 0 aromatic heterocycles. The zero-order chi connectivity index (χ0) is 19.7. The van der Waals surface area contributed by atoms with Crippen LogP contribution in [-0.2, 0) is 9.59 Å². The third kappa shape index (κ3) is 3.30. The molecule has 140 valence electrons. The molecule has 1 aliphatic rings. The van der Waals surface area contributed by atoms with Crippen LogP contribution in [0.15, 0.2) is 58.3 Å². The molecule has 1 heterocycles. The Morgan fingerprint density at radius 3 is 2.26 bits per heavy atom.